The molecule has 1 saturated carbocycles. The molecule has 5 nitrogen and oxygen atoms in total. The Kier molecular flexibility index (Phi) is 5.00. The number of amides is 1. The molecule has 1 N–H and O–H groups in total. The van der Waals surface area contributed by atoms with E-state index in [1.54, 1.807) is 0 Å². The van der Waals surface area contributed by atoms with Gasteiger partial charge in [0.2, 0.25) is 5.91 Å². The van der Waals surface area contributed by atoms with Crippen LogP contribution in [-0.2, 0) is 17.8 Å². The number of hydrogen-bond acceptors (Lipinski definition) is 4. The van der Waals surface area contributed by atoms with Gasteiger partial charge in [-0.2, -0.15) is 0 Å². The third kappa shape index (κ3) is 3.75. The normalized spacial score (nSPS) is 14.0. The number of nitrogens with zero attached hydrogens (tertiary/aromatic N) is 3. The maximum absolute atomic E-state index is 12.2. The van der Waals surface area contributed by atoms with Crippen LogP contribution in [0.4, 0.5) is 5.69 Å². The predicted molar refractivity (Wildman–Crippen MR) is 92.8 cm³/mol. The van der Waals surface area contributed by atoms with Crippen LogP contribution in [0.15, 0.2) is 29.4 Å². The fraction of sp³-hybridized carbons (Fsp3) is 0.471. The van der Waals surface area contributed by atoms with Gasteiger partial charge in [0.1, 0.15) is 5.82 Å². The number of aromatic nitrogens is 3. The first-order chi connectivity index (χ1) is 11.2. The number of hydrogen-bond donors (Lipinski definition) is 1. The lowest BCUT2D eigenvalue weighted by molar-refractivity contribution is -0.113. The van der Waals surface area contributed by atoms with Crippen molar-refractivity contribution in [2.45, 2.75) is 50.7 Å². The molecule has 1 aliphatic rings. The third-order valence-electron chi connectivity index (χ3n) is 4.01. The Morgan fingerprint density at radius 2 is 2.09 bits per heavy atom. The molecule has 6 heteroatoms. The highest BCUT2D eigenvalue weighted by Crippen LogP contribution is 2.39. The second kappa shape index (κ2) is 7.17. The Labute approximate surface area is 140 Å². The molecule has 0 bridgehead atoms. The van der Waals surface area contributed by atoms with Crippen LogP contribution in [0, 0.1) is 0 Å². The highest BCUT2D eigenvalue weighted by atomic mass is 32.2. The van der Waals surface area contributed by atoms with Crippen LogP contribution in [0.5, 0.6) is 0 Å². The number of carbonyl (C=O) groups is 1. The topological polar surface area (TPSA) is 59.8 Å². The van der Waals surface area contributed by atoms with Crippen LogP contribution in [0.25, 0.3) is 0 Å². The summed E-state index contributed by atoms with van der Waals surface area (Å²) in [7, 11) is 0. The van der Waals surface area contributed by atoms with Gasteiger partial charge in [-0.05, 0) is 37.8 Å². The molecule has 122 valence electrons. The molecule has 3 rings (SSSR count). The van der Waals surface area contributed by atoms with Crippen LogP contribution in [-0.4, -0.2) is 26.4 Å². The molecule has 0 aliphatic heterocycles. The Bertz CT molecular complexity index is 694. The van der Waals surface area contributed by atoms with Gasteiger partial charge in [-0.25, -0.2) is 0 Å². The average molecular weight is 330 g/mol. The van der Waals surface area contributed by atoms with E-state index in [0.717, 1.165) is 35.2 Å². The third-order valence-corrected chi connectivity index (χ3v) is 4.98. The predicted octanol–water partition coefficient (Wildman–Crippen LogP) is 3.47. The van der Waals surface area contributed by atoms with Crippen molar-refractivity contribution >= 4 is 23.4 Å². The summed E-state index contributed by atoms with van der Waals surface area (Å²) in [6, 6.07) is 7.92. The van der Waals surface area contributed by atoms with E-state index in [2.05, 4.69) is 33.9 Å². The van der Waals surface area contributed by atoms with Crippen molar-refractivity contribution in [1.29, 1.82) is 0 Å². The van der Waals surface area contributed by atoms with Crippen molar-refractivity contribution in [3.8, 4) is 0 Å². The zero-order valence-electron chi connectivity index (χ0n) is 13.6. The van der Waals surface area contributed by atoms with E-state index in [9.17, 15) is 4.79 Å². The molecule has 0 unspecified atom stereocenters. The second-order valence-electron chi connectivity index (χ2n) is 5.71. The fourth-order valence-corrected chi connectivity index (χ4v) is 3.42. The zero-order chi connectivity index (χ0) is 16.2. The summed E-state index contributed by atoms with van der Waals surface area (Å²) in [6.07, 6.45) is 3.31. The summed E-state index contributed by atoms with van der Waals surface area (Å²) in [4.78, 5) is 12.2. The fourth-order valence-electron chi connectivity index (χ4n) is 2.61. The Balaban J connectivity index is 1.61. The molecule has 2 aromatic rings. The smallest absolute Gasteiger partial charge is 0.234 e. The molecular weight excluding hydrogens is 308 g/mol. The molecule has 1 aromatic heterocycles. The molecular formula is C17H22N4OS. The molecule has 0 atom stereocenters. The van der Waals surface area contributed by atoms with Gasteiger partial charge in [0, 0.05) is 18.2 Å². The maximum atomic E-state index is 12.2. The summed E-state index contributed by atoms with van der Waals surface area (Å²) < 4.78 is 2.13. The molecule has 23 heavy (non-hydrogen) atoms. The van der Waals surface area contributed by atoms with Crippen LogP contribution in [0.1, 0.15) is 44.0 Å². The van der Waals surface area contributed by atoms with Crippen molar-refractivity contribution in [1.82, 2.24) is 14.8 Å². The first-order valence-corrected chi connectivity index (χ1v) is 9.15. The van der Waals surface area contributed by atoms with E-state index in [1.165, 1.54) is 24.6 Å². The molecule has 1 aliphatic carbocycles. The summed E-state index contributed by atoms with van der Waals surface area (Å²) >= 11 is 1.46. The molecule has 0 radical (unpaired) electrons. The molecule has 1 aromatic carbocycles. The highest BCUT2D eigenvalue weighted by molar-refractivity contribution is 7.99. The lowest BCUT2D eigenvalue weighted by atomic mass is 10.1. The van der Waals surface area contributed by atoms with Crippen LogP contribution in [0.2, 0.25) is 0 Å². The van der Waals surface area contributed by atoms with Gasteiger partial charge in [0.15, 0.2) is 5.16 Å². The van der Waals surface area contributed by atoms with Crippen molar-refractivity contribution in [3.05, 3.63) is 35.7 Å². The summed E-state index contributed by atoms with van der Waals surface area (Å²) in [5.41, 5.74) is 2.05. The number of thioether (sulfide) groups is 1. The van der Waals surface area contributed by atoms with Crippen LogP contribution in [0.3, 0.4) is 0 Å². The second-order valence-corrected chi connectivity index (χ2v) is 6.65. The molecule has 0 saturated heterocycles. The van der Waals surface area contributed by atoms with Crippen LogP contribution >= 0.6 is 11.8 Å². The number of aryl methyl sites for hydroxylation is 1. The van der Waals surface area contributed by atoms with E-state index >= 15 is 0 Å². The standard InChI is InChI=1S/C17H22N4OS/c1-3-12-7-5-6-8-14(12)18-15(22)11-23-17-20-19-16(13-9-10-13)21(17)4-2/h5-8,13H,3-4,9-11H2,1-2H3,(H,18,22). The minimum atomic E-state index is -0.00507. The largest absolute Gasteiger partial charge is 0.325 e. The lowest BCUT2D eigenvalue weighted by Crippen LogP contribution is -2.15. The van der Waals surface area contributed by atoms with Gasteiger partial charge in [-0.1, -0.05) is 36.9 Å². The average Bonchev–Trinajstić information content (AvgIpc) is 3.33. The van der Waals surface area contributed by atoms with E-state index in [4.69, 9.17) is 0 Å². The number of para-hydroxylation sites is 1. The Morgan fingerprint density at radius 1 is 1.30 bits per heavy atom. The minimum Gasteiger partial charge on any atom is -0.325 e. The highest BCUT2D eigenvalue weighted by Gasteiger charge is 2.30. The first-order valence-electron chi connectivity index (χ1n) is 8.16. The lowest BCUT2D eigenvalue weighted by Gasteiger charge is -2.10. The number of anilines is 1. The molecule has 0 spiro atoms. The Morgan fingerprint density at radius 3 is 2.78 bits per heavy atom. The van der Waals surface area contributed by atoms with Crippen molar-refractivity contribution in [3.63, 3.8) is 0 Å². The van der Waals surface area contributed by atoms with Crippen molar-refractivity contribution in [2.24, 2.45) is 0 Å². The molecule has 1 fully saturated rings. The van der Waals surface area contributed by atoms with E-state index in [0.29, 0.717) is 11.7 Å². The number of nitrogens with one attached hydrogen (secondary N) is 1. The van der Waals surface area contributed by atoms with Crippen molar-refractivity contribution in [2.75, 3.05) is 11.1 Å². The van der Waals surface area contributed by atoms with Gasteiger partial charge in [-0.15, -0.1) is 10.2 Å². The number of benzene rings is 1. The SMILES string of the molecule is CCc1ccccc1NC(=O)CSc1nnc(C2CC2)n1CC. The van der Waals surface area contributed by atoms with E-state index in [1.807, 2.05) is 24.3 Å². The minimum absolute atomic E-state index is 0.00507. The monoisotopic (exact) mass is 330 g/mol. The zero-order valence-corrected chi connectivity index (χ0v) is 14.4. The van der Waals surface area contributed by atoms with Gasteiger partial charge in [0.05, 0.1) is 5.75 Å². The quantitative estimate of drug-likeness (QED) is 0.790. The van der Waals surface area contributed by atoms with Crippen LogP contribution < -0.4 is 5.32 Å². The molecule has 1 amide bonds. The number of rotatable bonds is 7. The van der Waals surface area contributed by atoms with Gasteiger partial charge in [0.25, 0.3) is 0 Å². The summed E-state index contributed by atoms with van der Waals surface area (Å²) in [5.74, 6) is 1.99. The number of carbonyl (C=O) groups excluding carboxylic acids is 1. The summed E-state index contributed by atoms with van der Waals surface area (Å²) in [5, 5.41) is 12.4. The first kappa shape index (κ1) is 16.1. The van der Waals surface area contributed by atoms with Crippen molar-refractivity contribution < 1.29 is 4.79 Å². The van der Waals surface area contributed by atoms with Gasteiger partial charge in [-0.3, -0.25) is 4.79 Å². The van der Waals surface area contributed by atoms with Gasteiger partial charge >= 0.3 is 0 Å². The van der Waals surface area contributed by atoms with E-state index in [-0.39, 0.29) is 5.91 Å². The maximum Gasteiger partial charge on any atom is 0.234 e. The van der Waals surface area contributed by atoms with Gasteiger partial charge < -0.3 is 9.88 Å². The molecule has 1 heterocycles. The van der Waals surface area contributed by atoms with E-state index < -0.39 is 0 Å². The summed E-state index contributed by atoms with van der Waals surface area (Å²) in [6.45, 7) is 5.03. The Hall–Kier alpha value is -1.82.